The monoisotopic (exact) mass is 335 g/mol. The number of thiophene rings is 1. The Morgan fingerprint density at radius 1 is 1.22 bits per heavy atom. The van der Waals surface area contributed by atoms with Crippen LogP contribution in [0.1, 0.15) is 9.67 Å². The number of amides is 1. The highest BCUT2D eigenvalue weighted by Crippen LogP contribution is 2.29. The van der Waals surface area contributed by atoms with Crippen molar-refractivity contribution in [1.29, 1.82) is 0 Å². The van der Waals surface area contributed by atoms with Gasteiger partial charge in [0, 0.05) is 11.4 Å². The first-order valence-electron chi connectivity index (χ1n) is 7.03. The summed E-state index contributed by atoms with van der Waals surface area (Å²) in [7, 11) is 0. The van der Waals surface area contributed by atoms with Crippen LogP contribution in [-0.2, 0) is 9.53 Å². The number of halogens is 1. The van der Waals surface area contributed by atoms with E-state index < -0.39 is 12.0 Å². The highest BCUT2D eigenvalue weighted by atomic mass is 32.1. The Morgan fingerprint density at radius 2 is 1.96 bits per heavy atom. The molecule has 3 rings (SSSR count). The SMILES string of the molecule is O=C(O)[C@H]1COCCN1C(=O)c1ccc(-c2ccc(F)cc2)s1. The van der Waals surface area contributed by atoms with Gasteiger partial charge in [0.15, 0.2) is 6.04 Å². The molecule has 1 fully saturated rings. The molecule has 1 aromatic heterocycles. The van der Waals surface area contributed by atoms with E-state index in [9.17, 15) is 19.1 Å². The molecular weight excluding hydrogens is 321 g/mol. The van der Waals surface area contributed by atoms with Crippen molar-refractivity contribution in [3.05, 3.63) is 47.1 Å². The molecule has 0 radical (unpaired) electrons. The topological polar surface area (TPSA) is 66.8 Å². The van der Waals surface area contributed by atoms with Crippen molar-refractivity contribution in [2.24, 2.45) is 0 Å². The molecule has 23 heavy (non-hydrogen) atoms. The lowest BCUT2D eigenvalue weighted by Gasteiger charge is -2.32. The van der Waals surface area contributed by atoms with E-state index in [-0.39, 0.29) is 24.9 Å². The number of nitrogens with zero attached hydrogens (tertiary/aromatic N) is 1. The molecule has 5 nitrogen and oxygen atoms in total. The molecule has 1 saturated heterocycles. The molecule has 1 aromatic carbocycles. The van der Waals surface area contributed by atoms with Crippen LogP contribution in [0.4, 0.5) is 4.39 Å². The number of hydrogen-bond donors (Lipinski definition) is 1. The molecule has 1 amide bonds. The molecule has 0 aliphatic carbocycles. The molecule has 2 heterocycles. The van der Waals surface area contributed by atoms with Crippen LogP contribution < -0.4 is 0 Å². The van der Waals surface area contributed by atoms with Gasteiger partial charge in [0.25, 0.3) is 5.91 Å². The fourth-order valence-corrected chi connectivity index (χ4v) is 3.38. The van der Waals surface area contributed by atoms with E-state index in [1.165, 1.54) is 28.4 Å². The van der Waals surface area contributed by atoms with Crippen LogP contribution >= 0.6 is 11.3 Å². The molecule has 1 N–H and O–H groups in total. The smallest absolute Gasteiger partial charge is 0.328 e. The van der Waals surface area contributed by atoms with Crippen LogP contribution in [0.3, 0.4) is 0 Å². The second-order valence-corrected chi connectivity index (χ2v) is 6.18. The summed E-state index contributed by atoms with van der Waals surface area (Å²) in [5, 5.41) is 9.21. The molecule has 0 unspecified atom stereocenters. The number of morpholine rings is 1. The van der Waals surface area contributed by atoms with Gasteiger partial charge >= 0.3 is 5.97 Å². The fraction of sp³-hybridized carbons (Fsp3) is 0.250. The molecule has 2 aromatic rings. The third kappa shape index (κ3) is 3.25. The number of carboxylic acids is 1. The molecular formula is C16H14FNO4S. The summed E-state index contributed by atoms with van der Waals surface area (Å²) in [5.74, 6) is -1.72. The van der Waals surface area contributed by atoms with E-state index in [0.29, 0.717) is 11.5 Å². The zero-order valence-corrected chi connectivity index (χ0v) is 12.9. The van der Waals surface area contributed by atoms with Crippen LogP contribution in [0.25, 0.3) is 10.4 Å². The minimum Gasteiger partial charge on any atom is -0.480 e. The largest absolute Gasteiger partial charge is 0.480 e. The van der Waals surface area contributed by atoms with E-state index in [0.717, 1.165) is 10.4 Å². The Labute approximate surface area is 135 Å². The summed E-state index contributed by atoms with van der Waals surface area (Å²) < 4.78 is 18.1. The molecule has 0 saturated carbocycles. The van der Waals surface area contributed by atoms with Gasteiger partial charge in [-0.3, -0.25) is 4.79 Å². The van der Waals surface area contributed by atoms with Gasteiger partial charge in [-0.25, -0.2) is 9.18 Å². The van der Waals surface area contributed by atoms with Gasteiger partial charge < -0.3 is 14.7 Å². The Morgan fingerprint density at radius 3 is 2.65 bits per heavy atom. The Bertz CT molecular complexity index is 728. The number of carbonyl (C=O) groups excluding carboxylic acids is 1. The zero-order chi connectivity index (χ0) is 16.4. The van der Waals surface area contributed by atoms with E-state index in [1.807, 2.05) is 0 Å². The number of ether oxygens (including phenoxy) is 1. The summed E-state index contributed by atoms with van der Waals surface area (Å²) in [5.41, 5.74) is 0.812. The third-order valence-corrected chi connectivity index (χ3v) is 4.74. The van der Waals surface area contributed by atoms with Crippen molar-refractivity contribution in [1.82, 2.24) is 4.90 Å². The normalized spacial score (nSPS) is 18.0. The van der Waals surface area contributed by atoms with Gasteiger partial charge in [0.1, 0.15) is 5.82 Å². The standard InChI is InChI=1S/C16H14FNO4S/c17-11-3-1-10(2-4-11)13-5-6-14(23-13)15(19)18-7-8-22-9-12(18)16(20)21/h1-6,12H,7-9H2,(H,20,21)/t12-/m1/s1. The summed E-state index contributed by atoms with van der Waals surface area (Å²) in [6.07, 6.45) is 0. The lowest BCUT2D eigenvalue weighted by molar-refractivity contribution is -0.147. The predicted molar refractivity (Wildman–Crippen MR) is 83.0 cm³/mol. The van der Waals surface area contributed by atoms with Gasteiger partial charge in [0.2, 0.25) is 0 Å². The summed E-state index contributed by atoms with van der Waals surface area (Å²) in [4.78, 5) is 26.4. The van der Waals surface area contributed by atoms with Crippen LogP contribution in [0.2, 0.25) is 0 Å². The quantitative estimate of drug-likeness (QED) is 0.936. The van der Waals surface area contributed by atoms with Gasteiger partial charge in [-0.15, -0.1) is 11.3 Å². The zero-order valence-electron chi connectivity index (χ0n) is 12.1. The second-order valence-electron chi connectivity index (χ2n) is 5.10. The highest BCUT2D eigenvalue weighted by Gasteiger charge is 2.33. The lowest BCUT2D eigenvalue weighted by atomic mass is 10.2. The third-order valence-electron chi connectivity index (χ3n) is 3.62. The lowest BCUT2D eigenvalue weighted by Crippen LogP contribution is -2.52. The second kappa shape index (κ2) is 6.47. The number of rotatable bonds is 3. The van der Waals surface area contributed by atoms with Crippen molar-refractivity contribution in [2.75, 3.05) is 19.8 Å². The number of carboxylic acid groups (broad SMARTS) is 1. The summed E-state index contributed by atoms with van der Waals surface area (Å²) in [6, 6.07) is 8.49. The van der Waals surface area contributed by atoms with Gasteiger partial charge in [0.05, 0.1) is 18.1 Å². The molecule has 120 valence electrons. The molecule has 1 aliphatic heterocycles. The first kappa shape index (κ1) is 15.6. The van der Waals surface area contributed by atoms with Gasteiger partial charge in [-0.1, -0.05) is 12.1 Å². The van der Waals surface area contributed by atoms with Crippen molar-refractivity contribution in [3.8, 4) is 10.4 Å². The average molecular weight is 335 g/mol. The number of benzene rings is 1. The first-order valence-corrected chi connectivity index (χ1v) is 7.85. The first-order chi connectivity index (χ1) is 11.1. The molecule has 1 aliphatic rings. The Kier molecular flexibility index (Phi) is 4.40. The predicted octanol–water partition coefficient (Wildman–Crippen LogP) is 2.48. The number of carbonyl (C=O) groups is 2. The van der Waals surface area contributed by atoms with E-state index in [4.69, 9.17) is 4.74 Å². The van der Waals surface area contributed by atoms with Crippen molar-refractivity contribution >= 4 is 23.2 Å². The van der Waals surface area contributed by atoms with E-state index in [1.54, 1.807) is 24.3 Å². The van der Waals surface area contributed by atoms with E-state index in [2.05, 4.69) is 0 Å². The van der Waals surface area contributed by atoms with Crippen LogP contribution in [0, 0.1) is 5.82 Å². The van der Waals surface area contributed by atoms with Gasteiger partial charge in [-0.05, 0) is 29.8 Å². The van der Waals surface area contributed by atoms with Crippen LogP contribution in [-0.4, -0.2) is 47.7 Å². The summed E-state index contributed by atoms with van der Waals surface area (Å²) >= 11 is 1.26. The van der Waals surface area contributed by atoms with Crippen molar-refractivity contribution in [2.45, 2.75) is 6.04 Å². The number of hydrogen-bond acceptors (Lipinski definition) is 4. The number of aliphatic carboxylic acids is 1. The average Bonchev–Trinajstić information content (AvgIpc) is 3.04. The molecule has 7 heteroatoms. The highest BCUT2D eigenvalue weighted by molar-refractivity contribution is 7.17. The Balaban J connectivity index is 1.83. The molecule has 0 spiro atoms. The summed E-state index contributed by atoms with van der Waals surface area (Å²) in [6.45, 7) is 0.572. The van der Waals surface area contributed by atoms with Gasteiger partial charge in [-0.2, -0.15) is 0 Å². The van der Waals surface area contributed by atoms with Crippen LogP contribution in [0.15, 0.2) is 36.4 Å². The minimum atomic E-state index is -1.08. The van der Waals surface area contributed by atoms with Crippen LogP contribution in [0.5, 0.6) is 0 Å². The van der Waals surface area contributed by atoms with Crippen molar-refractivity contribution in [3.63, 3.8) is 0 Å². The van der Waals surface area contributed by atoms with Crippen molar-refractivity contribution < 1.29 is 23.8 Å². The van der Waals surface area contributed by atoms with E-state index >= 15 is 0 Å². The molecule has 0 bridgehead atoms. The fourth-order valence-electron chi connectivity index (χ4n) is 2.42. The Hall–Kier alpha value is -2.25. The maximum Gasteiger partial charge on any atom is 0.328 e. The maximum atomic E-state index is 13.0. The minimum absolute atomic E-state index is 0.00271. The maximum absolute atomic E-state index is 13.0. The molecule has 1 atom stereocenters.